The highest BCUT2D eigenvalue weighted by atomic mass is 28.2. The van der Waals surface area contributed by atoms with Crippen LogP contribution in [0.15, 0.2) is 0 Å². The van der Waals surface area contributed by atoms with Gasteiger partial charge in [-0.05, 0) is 0 Å². The van der Waals surface area contributed by atoms with Gasteiger partial charge in [0.15, 0.2) is 0 Å². The molecule has 0 fully saturated rings. The van der Waals surface area contributed by atoms with E-state index in [0.29, 0.717) is 0 Å². The van der Waals surface area contributed by atoms with E-state index >= 15 is 0 Å². The summed E-state index contributed by atoms with van der Waals surface area (Å²) in [6, 6.07) is 0.894. The Kier molecular flexibility index (Phi) is 6.22. The van der Waals surface area contributed by atoms with Crippen LogP contribution in [0.5, 0.6) is 0 Å². The first-order valence-electron chi connectivity index (χ1n) is 4.20. The second-order valence-corrected chi connectivity index (χ2v) is 4.60. The summed E-state index contributed by atoms with van der Waals surface area (Å²) in [6.45, 7) is 6.27. The summed E-state index contributed by atoms with van der Waals surface area (Å²) in [5, 5.41) is 0. The molecule has 0 aromatic carbocycles. The summed E-state index contributed by atoms with van der Waals surface area (Å²) in [7, 11) is -0.709. The number of carbonyl (C=O) groups excluding carboxylic acids is 2. The molecule has 0 bridgehead atoms. The smallest absolute Gasteiger partial charge is 0.305 e. The molecule has 0 atom stereocenters. The number of carbonyl (C=O) groups is 2. The Morgan fingerprint density at radius 3 is 2.08 bits per heavy atom. The largest absolute Gasteiger partial charge is 0.431 e. The molecule has 0 rings (SSSR count). The summed E-state index contributed by atoms with van der Waals surface area (Å²) in [4.78, 5) is 21.2. The first-order chi connectivity index (χ1) is 6.06. The van der Waals surface area contributed by atoms with E-state index in [1.54, 1.807) is 0 Å². The normalized spacial score (nSPS) is 10.8. The van der Waals surface area contributed by atoms with E-state index in [2.05, 4.69) is 6.92 Å². The van der Waals surface area contributed by atoms with E-state index in [1.807, 2.05) is 0 Å². The topological polar surface area (TPSA) is 52.6 Å². The zero-order valence-electron chi connectivity index (χ0n) is 8.04. The fraction of sp³-hybridized carbons (Fsp3) is 0.625. The maximum Gasteiger partial charge on any atom is 0.305 e. The second-order valence-electron chi connectivity index (χ2n) is 2.64. The Balaban J connectivity index is 3.87. The fourth-order valence-electron chi connectivity index (χ4n) is 0.823. The Morgan fingerprint density at radius 1 is 1.31 bits per heavy atom. The van der Waals surface area contributed by atoms with Crippen LogP contribution in [0, 0.1) is 6.92 Å². The van der Waals surface area contributed by atoms with Crippen molar-refractivity contribution in [2.45, 2.75) is 32.2 Å². The molecule has 0 aliphatic carbocycles. The Hall–Kier alpha value is -0.843. The molecule has 1 radical (unpaired) electrons. The van der Waals surface area contributed by atoms with E-state index in [9.17, 15) is 9.59 Å². The van der Waals surface area contributed by atoms with Gasteiger partial charge in [0.1, 0.15) is 9.52 Å². The third-order valence-corrected chi connectivity index (χ3v) is 3.00. The predicted molar refractivity (Wildman–Crippen MR) is 50.6 cm³/mol. The fourth-order valence-corrected chi connectivity index (χ4v) is 2.15. The van der Waals surface area contributed by atoms with Gasteiger partial charge in [-0.15, -0.1) is 0 Å². The average molecular weight is 203 g/mol. The molecule has 0 aromatic heterocycles. The molecule has 0 spiro atoms. The van der Waals surface area contributed by atoms with Gasteiger partial charge in [0.2, 0.25) is 5.91 Å². The number of hydrogen-bond acceptors (Lipinski definition) is 4. The van der Waals surface area contributed by atoms with Crippen LogP contribution < -0.4 is 0 Å². The zero-order chi connectivity index (χ0) is 10.3. The van der Waals surface area contributed by atoms with E-state index in [4.69, 9.17) is 9.47 Å². The first-order valence-corrected chi connectivity index (χ1v) is 6.01. The third-order valence-electron chi connectivity index (χ3n) is 1.28. The van der Waals surface area contributed by atoms with Crippen molar-refractivity contribution in [2.24, 2.45) is 0 Å². The van der Waals surface area contributed by atoms with Crippen molar-refractivity contribution in [3.05, 3.63) is 6.92 Å². The molecular formula is C8H15O4Si. The average Bonchev–Trinajstić information content (AvgIpc) is 1.98. The van der Waals surface area contributed by atoms with Crippen LogP contribution in [0.25, 0.3) is 0 Å². The third kappa shape index (κ3) is 7.52. The van der Waals surface area contributed by atoms with Crippen LogP contribution in [0.2, 0.25) is 6.04 Å². The SMILES string of the molecule is [CH2]CC[SiH2]C(OC(C)=O)OC(C)=O. The molecule has 0 aliphatic rings. The Bertz CT molecular complexity index is 165. The first kappa shape index (κ1) is 12.2. The van der Waals surface area contributed by atoms with Crippen LogP contribution in [-0.2, 0) is 19.1 Å². The number of rotatable bonds is 5. The van der Waals surface area contributed by atoms with E-state index in [0.717, 1.165) is 12.5 Å². The molecular weight excluding hydrogens is 188 g/mol. The summed E-state index contributed by atoms with van der Waals surface area (Å²) in [5.74, 6) is -1.44. The lowest BCUT2D eigenvalue weighted by molar-refractivity contribution is -0.171. The minimum Gasteiger partial charge on any atom is -0.431 e. The summed E-state index contributed by atoms with van der Waals surface area (Å²) in [6.07, 6.45) is 0.783. The van der Waals surface area contributed by atoms with Crippen LogP contribution in [0.4, 0.5) is 0 Å². The summed E-state index contributed by atoms with van der Waals surface area (Å²) < 4.78 is 9.63. The standard InChI is InChI=1S/C8H15O4Si/c1-4-5-13-8(11-6(2)9)12-7(3)10/h8H,1,4-5,13H2,2-3H3. The van der Waals surface area contributed by atoms with Crippen LogP contribution in [-0.4, -0.2) is 27.4 Å². The van der Waals surface area contributed by atoms with Crippen molar-refractivity contribution in [3.8, 4) is 0 Å². The maximum absolute atomic E-state index is 10.6. The highest BCUT2D eigenvalue weighted by Crippen LogP contribution is 1.99. The van der Waals surface area contributed by atoms with Gasteiger partial charge >= 0.3 is 11.9 Å². The Labute approximate surface area is 80.4 Å². The minimum atomic E-state index is -0.709. The molecule has 0 aliphatic heterocycles. The number of ether oxygens (including phenoxy) is 2. The van der Waals surface area contributed by atoms with Gasteiger partial charge < -0.3 is 9.47 Å². The van der Waals surface area contributed by atoms with Gasteiger partial charge in [-0.25, -0.2) is 0 Å². The number of esters is 2. The van der Waals surface area contributed by atoms with E-state index in [1.165, 1.54) is 13.8 Å². The van der Waals surface area contributed by atoms with Crippen molar-refractivity contribution in [2.75, 3.05) is 0 Å². The molecule has 5 heteroatoms. The van der Waals surface area contributed by atoms with Crippen LogP contribution in [0.1, 0.15) is 20.3 Å². The quantitative estimate of drug-likeness (QED) is 0.364. The Morgan fingerprint density at radius 2 is 1.77 bits per heavy atom. The van der Waals surface area contributed by atoms with Crippen molar-refractivity contribution in [3.63, 3.8) is 0 Å². The predicted octanol–water partition coefficient (Wildman–Crippen LogP) is 0.207. The highest BCUT2D eigenvalue weighted by molar-refractivity contribution is 6.37. The van der Waals surface area contributed by atoms with Gasteiger partial charge in [0, 0.05) is 13.8 Å². The lowest BCUT2D eigenvalue weighted by atomic mass is 10.6. The van der Waals surface area contributed by atoms with Crippen molar-refractivity contribution < 1.29 is 19.1 Å². The molecule has 0 aromatic rings. The van der Waals surface area contributed by atoms with Crippen LogP contribution in [0.3, 0.4) is 0 Å². The lowest BCUT2D eigenvalue weighted by Crippen LogP contribution is -2.28. The van der Waals surface area contributed by atoms with Gasteiger partial charge in [-0.3, -0.25) is 9.59 Å². The second kappa shape index (κ2) is 6.65. The summed E-state index contributed by atoms with van der Waals surface area (Å²) in [5.41, 5.74) is 0. The van der Waals surface area contributed by atoms with Gasteiger partial charge in [0.25, 0.3) is 0 Å². The molecule has 0 heterocycles. The molecule has 4 nitrogen and oxygen atoms in total. The zero-order valence-corrected chi connectivity index (χ0v) is 9.45. The molecule has 13 heavy (non-hydrogen) atoms. The molecule has 0 amide bonds. The molecule has 0 saturated carbocycles. The molecule has 0 unspecified atom stereocenters. The summed E-state index contributed by atoms with van der Waals surface area (Å²) >= 11 is 0. The monoisotopic (exact) mass is 203 g/mol. The molecule has 75 valence electrons. The van der Waals surface area contributed by atoms with Gasteiger partial charge in [0.05, 0.1) is 0 Å². The molecule has 0 N–H and O–H groups in total. The van der Waals surface area contributed by atoms with E-state index < -0.39 is 27.4 Å². The van der Waals surface area contributed by atoms with Crippen molar-refractivity contribution in [1.29, 1.82) is 0 Å². The highest BCUT2D eigenvalue weighted by Gasteiger charge is 2.14. The van der Waals surface area contributed by atoms with Gasteiger partial charge in [-0.2, -0.15) is 0 Å². The maximum atomic E-state index is 10.6. The number of hydrogen-bond donors (Lipinski definition) is 0. The van der Waals surface area contributed by atoms with Crippen molar-refractivity contribution >= 4 is 21.5 Å². The van der Waals surface area contributed by atoms with Crippen LogP contribution >= 0.6 is 0 Å². The minimum absolute atomic E-state index is 0.414. The lowest BCUT2D eigenvalue weighted by Gasteiger charge is -2.15. The van der Waals surface area contributed by atoms with E-state index in [-0.39, 0.29) is 0 Å². The molecule has 0 saturated heterocycles. The van der Waals surface area contributed by atoms with Gasteiger partial charge in [-0.1, -0.05) is 19.4 Å². The van der Waals surface area contributed by atoms with Crippen molar-refractivity contribution in [1.82, 2.24) is 0 Å².